The standard InChI is InChI=1S/C11H21NO3S/c1-7(2)16-9(13)8(3)12-10(14)15-11(4,5)6/h7-8H,1-6H3,(H,12,14). The maximum absolute atomic E-state index is 11.5. The second-order valence-corrected chi connectivity index (χ2v) is 6.43. The average molecular weight is 247 g/mol. The average Bonchev–Trinajstić information content (AvgIpc) is 1.98. The molecule has 0 heterocycles. The van der Waals surface area contributed by atoms with Gasteiger partial charge in [0.25, 0.3) is 0 Å². The largest absolute Gasteiger partial charge is 0.444 e. The third-order valence-corrected chi connectivity index (χ3v) is 2.50. The molecule has 1 atom stereocenters. The van der Waals surface area contributed by atoms with Crippen LogP contribution in [-0.4, -0.2) is 28.1 Å². The number of carbonyl (C=O) groups is 2. The number of amides is 1. The lowest BCUT2D eigenvalue weighted by Crippen LogP contribution is -2.41. The minimum Gasteiger partial charge on any atom is -0.444 e. The van der Waals surface area contributed by atoms with Gasteiger partial charge >= 0.3 is 6.09 Å². The Labute approximate surface area is 101 Å². The van der Waals surface area contributed by atoms with Crippen molar-refractivity contribution in [1.82, 2.24) is 5.32 Å². The molecule has 94 valence electrons. The maximum atomic E-state index is 11.5. The molecule has 0 bridgehead atoms. The number of rotatable bonds is 3. The van der Waals surface area contributed by atoms with E-state index in [-0.39, 0.29) is 10.4 Å². The molecule has 1 unspecified atom stereocenters. The van der Waals surface area contributed by atoms with Crippen LogP contribution in [0.5, 0.6) is 0 Å². The molecule has 4 nitrogen and oxygen atoms in total. The van der Waals surface area contributed by atoms with Gasteiger partial charge in [0.05, 0.1) is 6.04 Å². The summed E-state index contributed by atoms with van der Waals surface area (Å²) in [6.07, 6.45) is -0.558. The van der Waals surface area contributed by atoms with Crippen molar-refractivity contribution >= 4 is 23.0 Å². The smallest absolute Gasteiger partial charge is 0.408 e. The summed E-state index contributed by atoms with van der Waals surface area (Å²) < 4.78 is 5.05. The van der Waals surface area contributed by atoms with E-state index < -0.39 is 17.7 Å². The van der Waals surface area contributed by atoms with Gasteiger partial charge in [-0.25, -0.2) is 4.79 Å². The van der Waals surface area contributed by atoms with Crippen LogP contribution in [0.25, 0.3) is 0 Å². The Balaban J connectivity index is 4.09. The quantitative estimate of drug-likeness (QED) is 0.832. The molecule has 0 aliphatic rings. The zero-order valence-electron chi connectivity index (χ0n) is 10.8. The van der Waals surface area contributed by atoms with E-state index in [0.29, 0.717) is 0 Å². The molecule has 0 saturated heterocycles. The van der Waals surface area contributed by atoms with E-state index in [1.54, 1.807) is 27.7 Å². The Morgan fingerprint density at radius 1 is 1.19 bits per heavy atom. The van der Waals surface area contributed by atoms with E-state index in [9.17, 15) is 9.59 Å². The van der Waals surface area contributed by atoms with Crippen molar-refractivity contribution in [3.63, 3.8) is 0 Å². The van der Waals surface area contributed by atoms with E-state index in [1.807, 2.05) is 13.8 Å². The van der Waals surface area contributed by atoms with Crippen LogP contribution >= 0.6 is 11.8 Å². The van der Waals surface area contributed by atoms with Crippen LogP contribution in [-0.2, 0) is 9.53 Å². The van der Waals surface area contributed by atoms with E-state index in [1.165, 1.54) is 11.8 Å². The van der Waals surface area contributed by atoms with Gasteiger partial charge in [0.1, 0.15) is 5.60 Å². The predicted octanol–water partition coefficient (Wildman–Crippen LogP) is 2.57. The summed E-state index contributed by atoms with van der Waals surface area (Å²) in [5.41, 5.74) is -0.544. The third kappa shape index (κ3) is 7.56. The Kier molecular flexibility index (Phi) is 5.86. The van der Waals surface area contributed by atoms with E-state index >= 15 is 0 Å². The first-order valence-corrected chi connectivity index (χ1v) is 6.20. The Morgan fingerprint density at radius 2 is 1.69 bits per heavy atom. The Morgan fingerprint density at radius 3 is 2.06 bits per heavy atom. The molecule has 0 spiro atoms. The van der Waals surface area contributed by atoms with Gasteiger partial charge in [-0.2, -0.15) is 0 Å². The van der Waals surface area contributed by atoms with Crippen molar-refractivity contribution in [2.45, 2.75) is 58.4 Å². The fraction of sp³-hybridized carbons (Fsp3) is 0.818. The summed E-state index contributed by atoms with van der Waals surface area (Å²) in [5, 5.41) is 2.67. The Hall–Kier alpha value is -0.710. The van der Waals surface area contributed by atoms with Gasteiger partial charge in [0.2, 0.25) is 5.12 Å². The number of hydrogen-bond donors (Lipinski definition) is 1. The van der Waals surface area contributed by atoms with Gasteiger partial charge in [-0.1, -0.05) is 25.6 Å². The summed E-state index contributed by atoms with van der Waals surface area (Å²) in [5.74, 6) is 0. The number of ether oxygens (including phenoxy) is 1. The van der Waals surface area contributed by atoms with Crippen LogP contribution in [0.15, 0.2) is 0 Å². The molecular weight excluding hydrogens is 226 g/mol. The summed E-state index contributed by atoms with van der Waals surface area (Å²) in [7, 11) is 0. The maximum Gasteiger partial charge on any atom is 0.408 e. The summed E-state index contributed by atoms with van der Waals surface area (Å²) in [6, 6.07) is -0.526. The van der Waals surface area contributed by atoms with Crippen molar-refractivity contribution in [1.29, 1.82) is 0 Å². The fourth-order valence-corrected chi connectivity index (χ4v) is 1.61. The molecule has 16 heavy (non-hydrogen) atoms. The summed E-state index contributed by atoms with van der Waals surface area (Å²) in [6.45, 7) is 10.9. The molecule has 0 aromatic carbocycles. The first-order valence-electron chi connectivity index (χ1n) is 5.32. The molecule has 0 fully saturated rings. The first-order chi connectivity index (χ1) is 7.11. The van der Waals surface area contributed by atoms with E-state index in [4.69, 9.17) is 4.74 Å². The molecule has 0 aromatic heterocycles. The van der Waals surface area contributed by atoms with Crippen LogP contribution in [0.1, 0.15) is 41.5 Å². The molecule has 0 rings (SSSR count). The van der Waals surface area contributed by atoms with Crippen molar-refractivity contribution < 1.29 is 14.3 Å². The molecule has 1 amide bonds. The van der Waals surface area contributed by atoms with Gasteiger partial charge in [-0.05, 0) is 27.7 Å². The normalized spacial score (nSPS) is 13.4. The topological polar surface area (TPSA) is 55.4 Å². The zero-order chi connectivity index (χ0) is 12.9. The van der Waals surface area contributed by atoms with Crippen molar-refractivity contribution in [2.24, 2.45) is 0 Å². The van der Waals surface area contributed by atoms with Crippen LogP contribution in [0, 0.1) is 0 Å². The first kappa shape index (κ1) is 15.3. The molecular formula is C11H21NO3S. The second kappa shape index (κ2) is 6.13. The zero-order valence-corrected chi connectivity index (χ0v) is 11.6. The monoisotopic (exact) mass is 247 g/mol. The number of thioether (sulfide) groups is 1. The van der Waals surface area contributed by atoms with Gasteiger partial charge in [-0.15, -0.1) is 0 Å². The molecule has 0 aliphatic heterocycles. The minimum absolute atomic E-state index is 0.0548. The highest BCUT2D eigenvalue weighted by molar-refractivity contribution is 8.14. The minimum atomic E-state index is -0.558. The van der Waals surface area contributed by atoms with Crippen LogP contribution in [0.4, 0.5) is 4.79 Å². The van der Waals surface area contributed by atoms with E-state index in [0.717, 1.165) is 0 Å². The molecule has 0 aromatic rings. The fourth-order valence-electron chi connectivity index (χ4n) is 0.878. The SMILES string of the molecule is CC(C)SC(=O)C(C)NC(=O)OC(C)(C)C. The lowest BCUT2D eigenvalue weighted by atomic mass is 10.2. The van der Waals surface area contributed by atoms with E-state index in [2.05, 4.69) is 5.32 Å². The van der Waals surface area contributed by atoms with Crippen molar-refractivity contribution in [2.75, 3.05) is 0 Å². The number of alkyl carbamates (subject to hydrolysis) is 1. The van der Waals surface area contributed by atoms with Crippen molar-refractivity contribution in [3.8, 4) is 0 Å². The highest BCUT2D eigenvalue weighted by Crippen LogP contribution is 2.13. The lowest BCUT2D eigenvalue weighted by Gasteiger charge is -2.21. The second-order valence-electron chi connectivity index (χ2n) is 4.85. The molecule has 5 heteroatoms. The van der Waals surface area contributed by atoms with Crippen molar-refractivity contribution in [3.05, 3.63) is 0 Å². The third-order valence-electron chi connectivity index (χ3n) is 1.44. The van der Waals surface area contributed by atoms with Gasteiger partial charge in [0, 0.05) is 5.25 Å². The van der Waals surface area contributed by atoms with Gasteiger partial charge in [0.15, 0.2) is 0 Å². The Bertz CT molecular complexity index is 258. The summed E-state index contributed by atoms with van der Waals surface area (Å²) in [4.78, 5) is 22.9. The number of nitrogens with one attached hydrogen (secondary N) is 1. The van der Waals surface area contributed by atoms with Crippen LogP contribution in [0.3, 0.4) is 0 Å². The molecule has 0 saturated carbocycles. The van der Waals surface area contributed by atoms with Crippen LogP contribution < -0.4 is 5.32 Å². The number of carbonyl (C=O) groups excluding carboxylic acids is 2. The molecule has 1 N–H and O–H groups in total. The lowest BCUT2D eigenvalue weighted by molar-refractivity contribution is -0.112. The van der Waals surface area contributed by atoms with Crippen LogP contribution in [0.2, 0.25) is 0 Å². The number of hydrogen-bond acceptors (Lipinski definition) is 4. The summed E-state index contributed by atoms with van der Waals surface area (Å²) >= 11 is 1.21. The molecule has 0 radical (unpaired) electrons. The van der Waals surface area contributed by atoms with Gasteiger partial charge in [-0.3, -0.25) is 4.79 Å². The highest BCUT2D eigenvalue weighted by Gasteiger charge is 2.21. The van der Waals surface area contributed by atoms with Gasteiger partial charge < -0.3 is 10.1 Å². The highest BCUT2D eigenvalue weighted by atomic mass is 32.2. The molecule has 0 aliphatic carbocycles. The predicted molar refractivity (Wildman–Crippen MR) is 66.6 cm³/mol.